The predicted molar refractivity (Wildman–Crippen MR) is 140 cm³/mol. The van der Waals surface area contributed by atoms with Gasteiger partial charge >= 0.3 is 0 Å². The molecule has 1 aromatic carbocycles. The second-order valence-corrected chi connectivity index (χ2v) is 10.5. The van der Waals surface area contributed by atoms with E-state index in [-0.39, 0.29) is 31.8 Å². The molecule has 6 nitrogen and oxygen atoms in total. The maximum absolute atomic E-state index is 13.6. The molecule has 0 atom stereocenters. The topological polar surface area (TPSA) is 61.4 Å². The third-order valence-electron chi connectivity index (χ3n) is 6.48. The van der Waals surface area contributed by atoms with E-state index in [1.807, 2.05) is 25.1 Å². The number of aromatic nitrogens is 2. The molecular formula is C25H30F2IN5O. The summed E-state index contributed by atoms with van der Waals surface area (Å²) in [4.78, 5) is 26.2. The van der Waals surface area contributed by atoms with Gasteiger partial charge in [0.2, 0.25) is 5.95 Å². The van der Waals surface area contributed by atoms with Crippen molar-refractivity contribution in [2.45, 2.75) is 52.4 Å². The summed E-state index contributed by atoms with van der Waals surface area (Å²) >= 11 is 2.27. The van der Waals surface area contributed by atoms with Crippen molar-refractivity contribution in [1.82, 2.24) is 9.97 Å². The van der Waals surface area contributed by atoms with E-state index in [4.69, 9.17) is 0 Å². The predicted octanol–water partition coefficient (Wildman–Crippen LogP) is 5.81. The molecule has 2 fully saturated rings. The Hall–Kier alpha value is -2.30. The standard InChI is InChI=1S/C25H30F2IN5O/c1-16(2)18-6-10-32(11-7-18)21-15-19(28)4-5-20(21)23(34)30-22-14-17(3)29-24(31-22)33-12-8-25(26,27)9-13-33/h4-5,14-15H,6-13H2,1-3H3,(H,29,30,31,34). The summed E-state index contributed by atoms with van der Waals surface area (Å²) in [5.41, 5.74) is 5.06. The monoisotopic (exact) mass is 581 g/mol. The molecule has 0 radical (unpaired) electrons. The average Bonchev–Trinajstić information content (AvgIpc) is 2.78. The molecule has 0 saturated carbocycles. The molecule has 0 bridgehead atoms. The van der Waals surface area contributed by atoms with E-state index in [0.717, 1.165) is 35.2 Å². The number of piperidine rings is 2. The first kappa shape index (κ1) is 24.8. The highest BCUT2D eigenvalue weighted by Crippen LogP contribution is 2.31. The van der Waals surface area contributed by atoms with Gasteiger partial charge in [-0.15, -0.1) is 0 Å². The van der Waals surface area contributed by atoms with Crippen molar-refractivity contribution in [2.75, 3.05) is 41.3 Å². The Kier molecular flexibility index (Phi) is 7.39. The number of amides is 1. The molecule has 2 saturated heterocycles. The number of benzene rings is 1. The van der Waals surface area contributed by atoms with Gasteiger partial charge in [-0.1, -0.05) is 11.1 Å². The minimum Gasteiger partial charge on any atom is -0.370 e. The van der Waals surface area contributed by atoms with E-state index in [2.05, 4.69) is 56.6 Å². The van der Waals surface area contributed by atoms with Crippen molar-refractivity contribution in [2.24, 2.45) is 0 Å². The molecule has 1 N–H and O–H groups in total. The van der Waals surface area contributed by atoms with Crippen LogP contribution in [0.2, 0.25) is 0 Å². The highest BCUT2D eigenvalue weighted by molar-refractivity contribution is 14.1. The van der Waals surface area contributed by atoms with Gasteiger partial charge in [0.05, 0.1) is 11.3 Å². The van der Waals surface area contributed by atoms with Gasteiger partial charge in [0.1, 0.15) is 5.82 Å². The lowest BCUT2D eigenvalue weighted by molar-refractivity contribution is -0.0222. The molecule has 9 heteroatoms. The summed E-state index contributed by atoms with van der Waals surface area (Å²) in [6.45, 7) is 8.24. The number of rotatable bonds is 4. The highest BCUT2D eigenvalue weighted by Gasteiger charge is 2.35. The van der Waals surface area contributed by atoms with Gasteiger partial charge in [0, 0.05) is 54.4 Å². The van der Waals surface area contributed by atoms with E-state index in [1.165, 1.54) is 11.1 Å². The Morgan fingerprint density at radius 1 is 1.03 bits per heavy atom. The molecule has 182 valence electrons. The maximum Gasteiger partial charge on any atom is 0.258 e. The van der Waals surface area contributed by atoms with E-state index in [1.54, 1.807) is 11.0 Å². The van der Waals surface area contributed by atoms with Gasteiger partial charge in [0.15, 0.2) is 0 Å². The lowest BCUT2D eigenvalue weighted by Gasteiger charge is -2.32. The van der Waals surface area contributed by atoms with Crippen molar-refractivity contribution in [3.8, 4) is 0 Å². The van der Waals surface area contributed by atoms with Crippen molar-refractivity contribution in [1.29, 1.82) is 0 Å². The van der Waals surface area contributed by atoms with Crippen LogP contribution < -0.4 is 15.1 Å². The number of nitrogens with one attached hydrogen (secondary N) is 1. The summed E-state index contributed by atoms with van der Waals surface area (Å²) < 4.78 is 28.2. The Bertz CT molecular complexity index is 1100. The van der Waals surface area contributed by atoms with Crippen LogP contribution in [0.15, 0.2) is 35.4 Å². The Balaban J connectivity index is 1.53. The molecule has 0 unspecified atom stereocenters. The molecular weight excluding hydrogens is 551 g/mol. The molecule has 2 aliphatic rings. The van der Waals surface area contributed by atoms with Gasteiger partial charge < -0.3 is 15.1 Å². The van der Waals surface area contributed by atoms with Crippen molar-refractivity contribution in [3.63, 3.8) is 0 Å². The lowest BCUT2D eigenvalue weighted by atomic mass is 9.98. The van der Waals surface area contributed by atoms with Crippen LogP contribution in [0.3, 0.4) is 0 Å². The van der Waals surface area contributed by atoms with Gasteiger partial charge in [-0.2, -0.15) is 4.98 Å². The number of nitrogens with zero attached hydrogens (tertiary/aromatic N) is 4. The second kappa shape index (κ2) is 10.1. The first-order valence-electron chi connectivity index (χ1n) is 11.6. The van der Waals surface area contributed by atoms with Crippen LogP contribution >= 0.6 is 22.6 Å². The molecule has 1 amide bonds. The first-order valence-corrected chi connectivity index (χ1v) is 12.7. The van der Waals surface area contributed by atoms with Crippen LogP contribution in [0.5, 0.6) is 0 Å². The zero-order valence-electron chi connectivity index (χ0n) is 19.8. The fourth-order valence-corrected chi connectivity index (χ4v) is 4.93. The number of alkyl halides is 2. The second-order valence-electron chi connectivity index (χ2n) is 9.24. The third kappa shape index (κ3) is 5.84. The molecule has 3 heterocycles. The third-order valence-corrected chi connectivity index (χ3v) is 7.15. The molecule has 2 aromatic rings. The van der Waals surface area contributed by atoms with Gasteiger partial charge in [0.25, 0.3) is 11.8 Å². The number of hydrogen-bond acceptors (Lipinski definition) is 5. The fraction of sp³-hybridized carbons (Fsp3) is 0.480. The summed E-state index contributed by atoms with van der Waals surface area (Å²) in [7, 11) is 0. The van der Waals surface area contributed by atoms with Crippen LogP contribution in [0.1, 0.15) is 55.6 Å². The normalized spacial score (nSPS) is 18.1. The van der Waals surface area contributed by atoms with E-state index >= 15 is 0 Å². The minimum atomic E-state index is -2.64. The Labute approximate surface area is 213 Å². The van der Waals surface area contributed by atoms with Crippen molar-refractivity contribution >= 4 is 46.0 Å². The molecule has 1 aromatic heterocycles. The number of anilines is 3. The van der Waals surface area contributed by atoms with Crippen molar-refractivity contribution < 1.29 is 13.6 Å². The zero-order chi connectivity index (χ0) is 24.5. The van der Waals surface area contributed by atoms with E-state index in [0.29, 0.717) is 23.0 Å². The summed E-state index contributed by atoms with van der Waals surface area (Å²) in [6, 6.07) is 7.53. The molecule has 0 aliphatic carbocycles. The number of carbonyl (C=O) groups excluding carboxylic acids is 1. The number of allylic oxidation sites excluding steroid dienone is 1. The molecule has 2 aliphatic heterocycles. The van der Waals surface area contributed by atoms with Crippen LogP contribution in [0.4, 0.5) is 26.2 Å². The smallest absolute Gasteiger partial charge is 0.258 e. The highest BCUT2D eigenvalue weighted by atomic mass is 127. The molecule has 4 rings (SSSR count). The quantitative estimate of drug-likeness (QED) is 0.365. The van der Waals surface area contributed by atoms with Crippen LogP contribution in [-0.4, -0.2) is 48.0 Å². The number of hydrogen-bond donors (Lipinski definition) is 1. The average molecular weight is 581 g/mol. The molecule has 34 heavy (non-hydrogen) atoms. The molecule has 0 spiro atoms. The van der Waals surface area contributed by atoms with Crippen LogP contribution in [0, 0.1) is 10.5 Å². The zero-order valence-corrected chi connectivity index (χ0v) is 22.0. The van der Waals surface area contributed by atoms with Crippen LogP contribution in [0.25, 0.3) is 0 Å². The van der Waals surface area contributed by atoms with E-state index in [9.17, 15) is 13.6 Å². The van der Waals surface area contributed by atoms with Gasteiger partial charge in [-0.05, 0) is 74.4 Å². The maximum atomic E-state index is 13.6. The first-order chi connectivity index (χ1) is 16.1. The number of halogens is 3. The largest absolute Gasteiger partial charge is 0.370 e. The summed E-state index contributed by atoms with van der Waals surface area (Å²) in [5.74, 6) is -2.13. The number of aryl methyl sites for hydroxylation is 1. The number of carbonyl (C=O) groups is 1. The fourth-order valence-electron chi connectivity index (χ4n) is 4.45. The summed E-state index contributed by atoms with van der Waals surface area (Å²) in [5, 5.41) is 2.92. The Morgan fingerprint density at radius 2 is 1.71 bits per heavy atom. The van der Waals surface area contributed by atoms with E-state index < -0.39 is 5.92 Å². The lowest BCUT2D eigenvalue weighted by Crippen LogP contribution is -2.40. The van der Waals surface area contributed by atoms with Gasteiger partial charge in [-0.3, -0.25) is 4.79 Å². The van der Waals surface area contributed by atoms with Crippen molar-refractivity contribution in [3.05, 3.63) is 50.2 Å². The summed E-state index contributed by atoms with van der Waals surface area (Å²) in [6.07, 6.45) is 1.56. The van der Waals surface area contributed by atoms with Crippen LogP contribution in [-0.2, 0) is 0 Å². The Morgan fingerprint density at radius 3 is 2.35 bits per heavy atom. The van der Waals surface area contributed by atoms with Gasteiger partial charge in [-0.25, -0.2) is 13.8 Å². The minimum absolute atomic E-state index is 0.188. The SMILES string of the molecule is CC(C)=C1CCN(c2cc(I)ccc2C(=O)Nc2cc(C)nc(N3CCC(F)(F)CC3)n2)CC1.